The number of rotatable bonds is 4. The third-order valence-corrected chi connectivity index (χ3v) is 2.86. The van der Waals surface area contributed by atoms with Gasteiger partial charge < -0.3 is 16.3 Å². The molecule has 0 spiro atoms. The first kappa shape index (κ1) is 14.7. The lowest BCUT2D eigenvalue weighted by molar-refractivity contribution is 0.318. The average molecular weight is 295 g/mol. The molecule has 0 bridgehead atoms. The highest BCUT2D eigenvalue weighted by atomic mass is 19.2. The Morgan fingerprint density at radius 2 is 1.90 bits per heavy atom. The molecule has 2 aromatic rings. The monoisotopic (exact) mass is 295 g/mol. The topological polar surface area (TPSA) is 70.6 Å². The first-order valence-corrected chi connectivity index (χ1v) is 5.97. The van der Waals surface area contributed by atoms with Crippen LogP contribution in [0.3, 0.4) is 0 Å². The van der Waals surface area contributed by atoms with Crippen LogP contribution in [0.25, 0.3) is 0 Å². The molecule has 0 aliphatic carbocycles. The molecule has 0 amide bonds. The first-order valence-electron chi connectivity index (χ1n) is 5.97. The van der Waals surface area contributed by atoms with E-state index < -0.39 is 17.5 Å². The van der Waals surface area contributed by atoms with Gasteiger partial charge in [0.1, 0.15) is 5.82 Å². The van der Waals surface area contributed by atoms with Crippen molar-refractivity contribution < 1.29 is 18.4 Å². The number of anilines is 1. The lowest BCUT2D eigenvalue weighted by atomic mass is 10.1. The third kappa shape index (κ3) is 3.25. The van der Waals surface area contributed by atoms with Crippen LogP contribution in [0, 0.1) is 17.5 Å². The van der Waals surface area contributed by atoms with Crippen molar-refractivity contribution in [1.29, 1.82) is 0 Å². The van der Waals surface area contributed by atoms with Gasteiger partial charge in [0.25, 0.3) is 0 Å². The van der Waals surface area contributed by atoms with Gasteiger partial charge in [-0.3, -0.25) is 0 Å². The fourth-order valence-electron chi connectivity index (χ4n) is 1.85. The number of hydrogen-bond donors (Lipinski definition) is 3. The maximum absolute atomic E-state index is 13.5. The number of nitrogens with zero attached hydrogens (tertiary/aromatic N) is 1. The van der Waals surface area contributed by atoms with E-state index in [1.165, 1.54) is 0 Å². The highest BCUT2D eigenvalue weighted by Gasteiger charge is 2.12. The van der Waals surface area contributed by atoms with Crippen molar-refractivity contribution in [1.82, 2.24) is 0 Å². The Labute approximate surface area is 118 Å². The number of oxime groups is 1. The van der Waals surface area contributed by atoms with Gasteiger partial charge in [-0.2, -0.15) is 0 Å². The van der Waals surface area contributed by atoms with Crippen LogP contribution in [-0.4, -0.2) is 11.0 Å². The number of benzene rings is 2. The summed E-state index contributed by atoms with van der Waals surface area (Å²) in [6.07, 6.45) is 0. The molecule has 7 heteroatoms. The van der Waals surface area contributed by atoms with Crippen LogP contribution in [0.2, 0.25) is 0 Å². The minimum Gasteiger partial charge on any atom is -0.409 e. The average Bonchev–Trinajstić information content (AvgIpc) is 2.49. The molecular formula is C14H12F3N3O. The maximum atomic E-state index is 13.5. The van der Waals surface area contributed by atoms with E-state index >= 15 is 0 Å². The molecule has 4 N–H and O–H groups in total. The van der Waals surface area contributed by atoms with Gasteiger partial charge in [0.05, 0.1) is 5.69 Å². The quantitative estimate of drug-likeness (QED) is 0.267. The molecule has 0 aliphatic heterocycles. The Hall–Kier alpha value is -2.70. The molecule has 2 aromatic carbocycles. The zero-order valence-electron chi connectivity index (χ0n) is 10.8. The number of nitrogens with two attached hydrogens (primary N) is 1. The second-order valence-corrected chi connectivity index (χ2v) is 4.25. The molecule has 4 nitrogen and oxygen atoms in total. The zero-order valence-corrected chi connectivity index (χ0v) is 10.8. The Morgan fingerprint density at radius 1 is 1.19 bits per heavy atom. The van der Waals surface area contributed by atoms with E-state index in [-0.39, 0.29) is 18.1 Å². The van der Waals surface area contributed by atoms with Gasteiger partial charge in [-0.25, -0.2) is 13.2 Å². The van der Waals surface area contributed by atoms with E-state index in [4.69, 9.17) is 10.9 Å². The van der Waals surface area contributed by atoms with Crippen LogP contribution >= 0.6 is 0 Å². The molecule has 0 heterocycles. The largest absolute Gasteiger partial charge is 0.409 e. The Bertz CT molecular complexity index is 689. The predicted molar refractivity (Wildman–Crippen MR) is 72.6 cm³/mol. The van der Waals surface area contributed by atoms with E-state index in [1.807, 2.05) is 0 Å². The summed E-state index contributed by atoms with van der Waals surface area (Å²) in [7, 11) is 0. The van der Waals surface area contributed by atoms with Gasteiger partial charge in [0.2, 0.25) is 0 Å². The maximum Gasteiger partial charge on any atom is 0.182 e. The third-order valence-electron chi connectivity index (χ3n) is 2.86. The first-order chi connectivity index (χ1) is 10.0. The van der Waals surface area contributed by atoms with Gasteiger partial charge in [0, 0.05) is 24.2 Å². The summed E-state index contributed by atoms with van der Waals surface area (Å²) in [5.74, 6) is -3.45. The minimum atomic E-state index is -1.28. The number of amidine groups is 1. The van der Waals surface area contributed by atoms with Crippen LogP contribution in [0.4, 0.5) is 18.9 Å². The summed E-state index contributed by atoms with van der Waals surface area (Å²) in [5.41, 5.74) is 6.23. The summed E-state index contributed by atoms with van der Waals surface area (Å²) in [5, 5.41) is 14.2. The van der Waals surface area contributed by atoms with E-state index in [0.717, 1.165) is 6.07 Å². The van der Waals surface area contributed by atoms with Crippen LogP contribution in [0.15, 0.2) is 41.6 Å². The normalized spacial score (nSPS) is 11.5. The van der Waals surface area contributed by atoms with E-state index in [2.05, 4.69) is 10.5 Å². The molecule has 0 fully saturated rings. The lowest BCUT2D eigenvalue weighted by Gasteiger charge is -2.11. The highest BCUT2D eigenvalue weighted by Crippen LogP contribution is 2.20. The minimum absolute atomic E-state index is 0.0478. The SMILES string of the molecule is NC(=NO)c1ccccc1CNc1cc(F)cc(F)c1F. The van der Waals surface area contributed by atoms with Crippen molar-refractivity contribution in [3.8, 4) is 0 Å². The Morgan fingerprint density at radius 3 is 2.62 bits per heavy atom. The van der Waals surface area contributed by atoms with E-state index in [9.17, 15) is 13.2 Å². The molecule has 0 atom stereocenters. The summed E-state index contributed by atoms with van der Waals surface area (Å²) in [6.45, 7) is 0.0478. The molecule has 0 radical (unpaired) electrons. The van der Waals surface area contributed by atoms with Crippen LogP contribution in [0.1, 0.15) is 11.1 Å². The van der Waals surface area contributed by atoms with Crippen molar-refractivity contribution in [2.75, 3.05) is 5.32 Å². The molecule has 2 rings (SSSR count). The van der Waals surface area contributed by atoms with Crippen molar-refractivity contribution >= 4 is 11.5 Å². The lowest BCUT2D eigenvalue weighted by Crippen LogP contribution is -2.17. The summed E-state index contributed by atoms with van der Waals surface area (Å²) >= 11 is 0. The fraction of sp³-hybridized carbons (Fsp3) is 0.0714. The van der Waals surface area contributed by atoms with Crippen molar-refractivity contribution in [2.45, 2.75) is 6.54 Å². The summed E-state index contributed by atoms with van der Waals surface area (Å²) in [4.78, 5) is 0. The van der Waals surface area contributed by atoms with Crippen molar-refractivity contribution in [2.24, 2.45) is 10.9 Å². The van der Waals surface area contributed by atoms with E-state index in [1.54, 1.807) is 24.3 Å². The van der Waals surface area contributed by atoms with Crippen LogP contribution in [0.5, 0.6) is 0 Å². The highest BCUT2D eigenvalue weighted by molar-refractivity contribution is 5.98. The number of halogens is 3. The fourth-order valence-corrected chi connectivity index (χ4v) is 1.85. The molecule has 0 unspecified atom stereocenters. The molecule has 0 aliphatic rings. The van der Waals surface area contributed by atoms with E-state index in [0.29, 0.717) is 17.2 Å². The molecule has 0 saturated carbocycles. The predicted octanol–water partition coefficient (Wildman–Crippen LogP) is 2.81. The smallest absolute Gasteiger partial charge is 0.182 e. The van der Waals surface area contributed by atoms with Crippen LogP contribution < -0.4 is 11.1 Å². The summed E-state index contributed by atoms with van der Waals surface area (Å²) in [6, 6.07) is 7.96. The second kappa shape index (κ2) is 6.17. The van der Waals surface area contributed by atoms with Gasteiger partial charge in [-0.1, -0.05) is 29.4 Å². The Balaban J connectivity index is 2.25. The van der Waals surface area contributed by atoms with Gasteiger partial charge in [-0.05, 0) is 5.56 Å². The standard InChI is InChI=1S/C14H12F3N3O/c15-9-5-11(16)13(17)12(6-9)19-7-8-3-1-2-4-10(8)14(18)20-21/h1-6,19,21H,7H2,(H2,18,20). The van der Waals surface area contributed by atoms with Crippen molar-refractivity contribution in [3.05, 3.63) is 65.0 Å². The molecule has 0 aromatic heterocycles. The van der Waals surface area contributed by atoms with Crippen LogP contribution in [-0.2, 0) is 6.54 Å². The number of nitrogens with one attached hydrogen (secondary N) is 1. The zero-order chi connectivity index (χ0) is 15.4. The van der Waals surface area contributed by atoms with Crippen molar-refractivity contribution in [3.63, 3.8) is 0 Å². The van der Waals surface area contributed by atoms with Gasteiger partial charge in [0.15, 0.2) is 17.5 Å². The van der Waals surface area contributed by atoms with Gasteiger partial charge in [-0.15, -0.1) is 0 Å². The number of hydrogen-bond acceptors (Lipinski definition) is 3. The molecule has 0 saturated heterocycles. The second-order valence-electron chi connectivity index (χ2n) is 4.25. The molecule has 21 heavy (non-hydrogen) atoms. The van der Waals surface area contributed by atoms with Gasteiger partial charge >= 0.3 is 0 Å². The molecule has 110 valence electrons. The molecular weight excluding hydrogens is 283 g/mol. The Kier molecular flexibility index (Phi) is 4.32. The summed E-state index contributed by atoms with van der Waals surface area (Å²) < 4.78 is 39.7.